The highest BCUT2D eigenvalue weighted by molar-refractivity contribution is 6.31. The summed E-state index contributed by atoms with van der Waals surface area (Å²) in [4.78, 5) is 28.7. The summed E-state index contributed by atoms with van der Waals surface area (Å²) in [5, 5.41) is 4.93. The third-order valence-corrected chi connectivity index (χ3v) is 6.15. The van der Waals surface area contributed by atoms with Crippen LogP contribution in [0.1, 0.15) is 0 Å². The van der Waals surface area contributed by atoms with Crippen molar-refractivity contribution in [2.75, 3.05) is 63.7 Å². The minimum absolute atomic E-state index is 0.218. The molecule has 0 radical (unpaired) electrons. The molecule has 0 amide bonds. The number of rotatable bonds is 6. The minimum atomic E-state index is -0.218. The van der Waals surface area contributed by atoms with Gasteiger partial charge in [-0.25, -0.2) is 4.98 Å². The van der Waals surface area contributed by atoms with E-state index in [2.05, 4.69) is 37.2 Å². The Hall–Kier alpha value is -3.07. The summed E-state index contributed by atoms with van der Waals surface area (Å²) in [7, 11) is 4.03. The molecule has 4 aromatic rings. The molecule has 0 bridgehead atoms. The molecule has 5 rings (SSSR count). The van der Waals surface area contributed by atoms with Crippen LogP contribution in [0.2, 0.25) is 5.02 Å². The molecule has 2 aromatic carbocycles. The number of likely N-dealkylation sites (N-methyl/N-ethyl adjacent to an activating group) is 1. The van der Waals surface area contributed by atoms with Crippen LogP contribution >= 0.6 is 11.6 Å². The summed E-state index contributed by atoms with van der Waals surface area (Å²) in [6, 6.07) is 11.7. The molecule has 172 valence electrons. The lowest BCUT2D eigenvalue weighted by Gasteiger charge is -2.28. The Kier molecular flexibility index (Phi) is 5.97. The molecule has 9 heteroatoms. The SMILES string of the molecule is CN(C)CCNc1c(-c2nc3ccc(N4CCOCC4)cc3[nH]2)c(=O)[nH]c2cc(Cl)ccc12. The van der Waals surface area contributed by atoms with Crippen LogP contribution < -0.4 is 15.8 Å². The standard InChI is InChI=1S/C24H27ClN6O2/c1-30(2)8-7-26-22-17-5-3-15(25)13-19(17)29-24(32)21(22)23-27-18-6-4-16(14-20(18)28-23)31-9-11-33-12-10-31/h3-6,13-14H,7-12H2,1-2H3,(H,27,28)(H2,26,29,32). The van der Waals surface area contributed by atoms with Crippen molar-refractivity contribution >= 4 is 44.9 Å². The molecule has 8 nitrogen and oxygen atoms in total. The van der Waals surface area contributed by atoms with E-state index in [0.717, 1.165) is 60.6 Å². The highest BCUT2D eigenvalue weighted by Crippen LogP contribution is 2.32. The van der Waals surface area contributed by atoms with Crippen LogP contribution in [0, 0.1) is 0 Å². The number of nitrogens with zero attached hydrogens (tertiary/aromatic N) is 3. The average Bonchev–Trinajstić information content (AvgIpc) is 3.21. The number of halogens is 1. The Bertz CT molecular complexity index is 1360. The van der Waals surface area contributed by atoms with Gasteiger partial charge in [0.2, 0.25) is 0 Å². The molecule has 3 heterocycles. The highest BCUT2D eigenvalue weighted by atomic mass is 35.5. The molecule has 1 saturated heterocycles. The van der Waals surface area contributed by atoms with E-state index < -0.39 is 0 Å². The van der Waals surface area contributed by atoms with Crippen molar-refractivity contribution in [3.63, 3.8) is 0 Å². The van der Waals surface area contributed by atoms with Gasteiger partial charge in [0.15, 0.2) is 0 Å². The second kappa shape index (κ2) is 9.05. The van der Waals surface area contributed by atoms with Crippen molar-refractivity contribution in [1.29, 1.82) is 0 Å². The molecule has 3 N–H and O–H groups in total. The fourth-order valence-electron chi connectivity index (χ4n) is 4.22. The lowest BCUT2D eigenvalue weighted by Crippen LogP contribution is -2.36. The molecule has 33 heavy (non-hydrogen) atoms. The van der Waals surface area contributed by atoms with E-state index in [1.165, 1.54) is 0 Å². The number of benzene rings is 2. The van der Waals surface area contributed by atoms with E-state index in [1.54, 1.807) is 6.07 Å². The summed E-state index contributed by atoms with van der Waals surface area (Å²) >= 11 is 6.18. The maximum atomic E-state index is 13.2. The predicted octanol–water partition coefficient (Wildman–Crippen LogP) is 3.53. The second-order valence-corrected chi connectivity index (χ2v) is 8.95. The Morgan fingerprint density at radius 2 is 1.94 bits per heavy atom. The number of aromatic nitrogens is 3. The minimum Gasteiger partial charge on any atom is -0.382 e. The molecule has 0 saturated carbocycles. The van der Waals surface area contributed by atoms with Gasteiger partial charge in [-0.05, 0) is 50.5 Å². The van der Waals surface area contributed by atoms with Crippen molar-refractivity contribution < 1.29 is 4.74 Å². The third-order valence-electron chi connectivity index (χ3n) is 5.92. The molecule has 0 aliphatic carbocycles. The molecule has 0 spiro atoms. The van der Waals surface area contributed by atoms with Gasteiger partial charge in [-0.15, -0.1) is 0 Å². The van der Waals surface area contributed by atoms with Gasteiger partial charge in [0.1, 0.15) is 11.4 Å². The third kappa shape index (κ3) is 4.42. The number of anilines is 2. The van der Waals surface area contributed by atoms with E-state index in [-0.39, 0.29) is 5.56 Å². The summed E-state index contributed by atoms with van der Waals surface area (Å²) in [6.07, 6.45) is 0. The van der Waals surface area contributed by atoms with Crippen molar-refractivity contribution in [3.05, 3.63) is 51.8 Å². The summed E-state index contributed by atoms with van der Waals surface area (Å²) in [6.45, 7) is 4.68. The lowest BCUT2D eigenvalue weighted by molar-refractivity contribution is 0.122. The van der Waals surface area contributed by atoms with Gasteiger partial charge < -0.3 is 29.8 Å². The molecule has 2 aromatic heterocycles. The van der Waals surface area contributed by atoms with E-state index >= 15 is 0 Å². The smallest absolute Gasteiger partial charge is 0.261 e. The van der Waals surface area contributed by atoms with Crippen LogP contribution in [0.4, 0.5) is 11.4 Å². The second-order valence-electron chi connectivity index (χ2n) is 8.51. The normalized spacial score (nSPS) is 14.5. The van der Waals surface area contributed by atoms with Gasteiger partial charge in [-0.2, -0.15) is 0 Å². The van der Waals surface area contributed by atoms with Gasteiger partial charge in [0.25, 0.3) is 5.56 Å². The van der Waals surface area contributed by atoms with Crippen LogP contribution in [0.3, 0.4) is 0 Å². The molecule has 1 aliphatic heterocycles. The fraction of sp³-hybridized carbons (Fsp3) is 0.333. The first-order valence-electron chi connectivity index (χ1n) is 11.1. The number of fused-ring (bicyclic) bond motifs is 2. The number of hydrogen-bond acceptors (Lipinski definition) is 6. The van der Waals surface area contributed by atoms with Crippen LogP contribution in [-0.2, 0) is 4.74 Å². The highest BCUT2D eigenvalue weighted by Gasteiger charge is 2.19. The first-order chi connectivity index (χ1) is 16.0. The number of morpholine rings is 1. The van der Waals surface area contributed by atoms with E-state index in [4.69, 9.17) is 21.3 Å². The Labute approximate surface area is 196 Å². The molecule has 1 fully saturated rings. The predicted molar refractivity (Wildman–Crippen MR) is 135 cm³/mol. The number of aromatic amines is 2. The largest absolute Gasteiger partial charge is 0.382 e. The van der Waals surface area contributed by atoms with Gasteiger partial charge in [0.05, 0.1) is 35.5 Å². The Morgan fingerprint density at radius 3 is 2.73 bits per heavy atom. The fourth-order valence-corrected chi connectivity index (χ4v) is 4.39. The van der Waals surface area contributed by atoms with Crippen LogP contribution in [0.5, 0.6) is 0 Å². The molecular formula is C24H27ClN6O2. The van der Waals surface area contributed by atoms with E-state index in [1.807, 2.05) is 32.3 Å². The van der Waals surface area contributed by atoms with Crippen molar-refractivity contribution in [1.82, 2.24) is 19.9 Å². The van der Waals surface area contributed by atoms with Crippen LogP contribution in [0.25, 0.3) is 33.3 Å². The number of H-pyrrole nitrogens is 2. The van der Waals surface area contributed by atoms with Gasteiger partial charge in [0, 0.05) is 42.3 Å². The van der Waals surface area contributed by atoms with Gasteiger partial charge in [-0.1, -0.05) is 11.6 Å². The summed E-state index contributed by atoms with van der Waals surface area (Å²) < 4.78 is 5.47. The molecule has 1 aliphatic rings. The maximum Gasteiger partial charge on any atom is 0.261 e. The number of hydrogen-bond donors (Lipinski definition) is 3. The first kappa shape index (κ1) is 21.8. The monoisotopic (exact) mass is 466 g/mol. The number of nitrogens with one attached hydrogen (secondary N) is 3. The Morgan fingerprint density at radius 1 is 1.12 bits per heavy atom. The number of pyridine rings is 1. The van der Waals surface area contributed by atoms with Crippen LogP contribution in [-0.4, -0.2) is 73.3 Å². The Balaban J connectivity index is 1.61. The van der Waals surface area contributed by atoms with Gasteiger partial charge in [-0.3, -0.25) is 4.79 Å². The average molecular weight is 467 g/mol. The zero-order valence-electron chi connectivity index (χ0n) is 18.7. The van der Waals surface area contributed by atoms with Gasteiger partial charge >= 0.3 is 0 Å². The quantitative estimate of drug-likeness (QED) is 0.403. The zero-order valence-corrected chi connectivity index (χ0v) is 19.5. The summed E-state index contributed by atoms with van der Waals surface area (Å²) in [5.41, 5.74) is 4.54. The van der Waals surface area contributed by atoms with E-state index in [9.17, 15) is 4.79 Å². The summed E-state index contributed by atoms with van der Waals surface area (Å²) in [5.74, 6) is 0.537. The van der Waals surface area contributed by atoms with Crippen molar-refractivity contribution in [2.45, 2.75) is 0 Å². The van der Waals surface area contributed by atoms with Crippen molar-refractivity contribution in [3.8, 4) is 11.4 Å². The number of imidazole rings is 1. The molecule has 0 unspecified atom stereocenters. The van der Waals surface area contributed by atoms with Crippen molar-refractivity contribution in [2.24, 2.45) is 0 Å². The zero-order chi connectivity index (χ0) is 22.9. The maximum absolute atomic E-state index is 13.2. The van der Waals surface area contributed by atoms with Crippen LogP contribution in [0.15, 0.2) is 41.2 Å². The lowest BCUT2D eigenvalue weighted by atomic mass is 10.1. The topological polar surface area (TPSA) is 89.3 Å². The molecule has 0 atom stereocenters. The van der Waals surface area contributed by atoms with E-state index in [0.29, 0.717) is 28.5 Å². The number of ether oxygens (including phenoxy) is 1. The molecular weight excluding hydrogens is 440 g/mol. The first-order valence-corrected chi connectivity index (χ1v) is 11.4.